The largest absolute Gasteiger partial charge is 0.371 e. The van der Waals surface area contributed by atoms with Gasteiger partial charge in [0.25, 0.3) is 0 Å². The average Bonchev–Trinajstić information content (AvgIpc) is 2.40. The Bertz CT molecular complexity index is 540. The van der Waals surface area contributed by atoms with Crippen LogP contribution in [0.1, 0.15) is 62.4 Å². The van der Waals surface area contributed by atoms with Crippen LogP contribution in [0.25, 0.3) is 0 Å². The Kier molecular flexibility index (Phi) is 4.40. The Hall–Kier alpha value is -1.38. The summed E-state index contributed by atoms with van der Waals surface area (Å²) in [6, 6.07) is 3.63. The lowest BCUT2D eigenvalue weighted by atomic mass is 9.75. The van der Waals surface area contributed by atoms with E-state index < -0.39 is 0 Å². The molecule has 1 aromatic rings. The first kappa shape index (κ1) is 16.0. The number of carbonyl (C=O) groups is 1. The summed E-state index contributed by atoms with van der Waals surface area (Å²) in [5.41, 5.74) is 2.37. The second-order valence-corrected chi connectivity index (χ2v) is 7.18. The number of Topliss-reactive ketones (excluding diaryl/α,β-unsaturated/α-hetero) is 1. The van der Waals surface area contributed by atoms with Crippen LogP contribution < -0.4 is 4.90 Å². The third-order valence-electron chi connectivity index (χ3n) is 4.89. The van der Waals surface area contributed by atoms with Gasteiger partial charge in [-0.15, -0.1) is 0 Å². The van der Waals surface area contributed by atoms with Crippen LogP contribution in [-0.2, 0) is 0 Å². The Labute approximate surface area is 127 Å². The van der Waals surface area contributed by atoms with Gasteiger partial charge < -0.3 is 4.90 Å². The first-order chi connectivity index (χ1) is 9.71. The molecule has 0 unspecified atom stereocenters. The highest BCUT2D eigenvalue weighted by molar-refractivity contribution is 6.00. The third-order valence-corrected chi connectivity index (χ3v) is 4.89. The van der Waals surface area contributed by atoms with Crippen molar-refractivity contribution in [1.82, 2.24) is 0 Å². The summed E-state index contributed by atoms with van der Waals surface area (Å²) in [5.74, 6) is -0.381. The average molecular weight is 291 g/mol. The number of hydrogen-bond donors (Lipinski definition) is 0. The number of anilines is 1. The normalized spacial score (nSPS) is 18.6. The molecule has 0 heterocycles. The molecule has 116 valence electrons. The minimum absolute atomic E-state index is 0.0770. The van der Waals surface area contributed by atoms with Gasteiger partial charge in [0.1, 0.15) is 5.82 Å². The molecule has 0 saturated heterocycles. The number of halogens is 1. The molecule has 1 aliphatic rings. The minimum atomic E-state index is -0.304. The van der Waals surface area contributed by atoms with E-state index in [1.807, 2.05) is 13.1 Å². The Morgan fingerprint density at radius 2 is 1.86 bits per heavy atom. The maximum atomic E-state index is 13.8. The SMILES string of the molecule is CC(=O)c1cc(F)c(C)cc1N(C)C1CCC(C)(C)CC1. The van der Waals surface area contributed by atoms with E-state index in [1.54, 1.807) is 6.92 Å². The highest BCUT2D eigenvalue weighted by atomic mass is 19.1. The van der Waals surface area contributed by atoms with E-state index in [2.05, 4.69) is 18.7 Å². The topological polar surface area (TPSA) is 20.3 Å². The predicted molar refractivity (Wildman–Crippen MR) is 85.6 cm³/mol. The van der Waals surface area contributed by atoms with Crippen molar-refractivity contribution in [1.29, 1.82) is 0 Å². The number of rotatable bonds is 3. The summed E-state index contributed by atoms with van der Waals surface area (Å²) >= 11 is 0. The first-order valence-corrected chi connectivity index (χ1v) is 7.75. The fourth-order valence-electron chi connectivity index (χ4n) is 3.21. The van der Waals surface area contributed by atoms with Crippen molar-refractivity contribution < 1.29 is 9.18 Å². The van der Waals surface area contributed by atoms with E-state index >= 15 is 0 Å². The van der Waals surface area contributed by atoms with E-state index in [1.165, 1.54) is 25.8 Å². The van der Waals surface area contributed by atoms with Crippen LogP contribution in [0, 0.1) is 18.2 Å². The van der Waals surface area contributed by atoms with Crippen LogP contribution >= 0.6 is 0 Å². The van der Waals surface area contributed by atoms with Gasteiger partial charge in [0, 0.05) is 24.3 Å². The van der Waals surface area contributed by atoms with Gasteiger partial charge in [-0.1, -0.05) is 13.8 Å². The Balaban J connectivity index is 2.29. The predicted octanol–water partition coefficient (Wildman–Crippen LogP) is 4.74. The smallest absolute Gasteiger partial charge is 0.161 e. The van der Waals surface area contributed by atoms with E-state index in [9.17, 15) is 9.18 Å². The van der Waals surface area contributed by atoms with Crippen molar-refractivity contribution >= 4 is 11.5 Å². The highest BCUT2D eigenvalue weighted by Gasteiger charge is 2.30. The molecule has 0 N–H and O–H groups in total. The lowest BCUT2D eigenvalue weighted by Crippen LogP contribution is -2.38. The Morgan fingerprint density at radius 1 is 1.29 bits per heavy atom. The molecule has 0 aliphatic heterocycles. The lowest BCUT2D eigenvalue weighted by Gasteiger charge is -2.40. The number of hydrogen-bond acceptors (Lipinski definition) is 2. The van der Waals surface area contributed by atoms with E-state index in [-0.39, 0.29) is 11.6 Å². The summed E-state index contributed by atoms with van der Waals surface area (Å²) in [5, 5.41) is 0. The molecule has 0 bridgehead atoms. The zero-order chi connectivity index (χ0) is 15.8. The van der Waals surface area contributed by atoms with Crippen molar-refractivity contribution in [3.05, 3.63) is 29.1 Å². The van der Waals surface area contributed by atoms with Crippen LogP contribution in [0.2, 0.25) is 0 Å². The van der Waals surface area contributed by atoms with Gasteiger partial charge >= 0.3 is 0 Å². The molecule has 1 fully saturated rings. The van der Waals surface area contributed by atoms with Crippen LogP contribution in [0.3, 0.4) is 0 Å². The van der Waals surface area contributed by atoms with Crippen molar-refractivity contribution in [2.24, 2.45) is 5.41 Å². The minimum Gasteiger partial charge on any atom is -0.371 e. The number of carbonyl (C=O) groups excluding carboxylic acids is 1. The molecule has 0 aromatic heterocycles. The van der Waals surface area contributed by atoms with Crippen molar-refractivity contribution in [3.63, 3.8) is 0 Å². The quantitative estimate of drug-likeness (QED) is 0.750. The summed E-state index contributed by atoms with van der Waals surface area (Å²) in [7, 11) is 2.03. The van der Waals surface area contributed by atoms with Gasteiger partial charge in [-0.05, 0) is 62.6 Å². The number of nitrogens with zero attached hydrogens (tertiary/aromatic N) is 1. The van der Waals surface area contributed by atoms with E-state index in [0.29, 0.717) is 22.6 Å². The van der Waals surface area contributed by atoms with Crippen LogP contribution in [-0.4, -0.2) is 18.9 Å². The molecule has 2 rings (SSSR count). The summed E-state index contributed by atoms with van der Waals surface area (Å²) in [4.78, 5) is 14.0. The van der Waals surface area contributed by atoms with Crippen molar-refractivity contribution in [2.75, 3.05) is 11.9 Å². The fourth-order valence-corrected chi connectivity index (χ4v) is 3.21. The zero-order valence-corrected chi connectivity index (χ0v) is 13.8. The molecule has 1 aromatic carbocycles. The molecular weight excluding hydrogens is 265 g/mol. The first-order valence-electron chi connectivity index (χ1n) is 7.75. The third kappa shape index (κ3) is 3.45. The summed E-state index contributed by atoms with van der Waals surface area (Å²) in [6.45, 7) is 7.88. The summed E-state index contributed by atoms with van der Waals surface area (Å²) in [6.07, 6.45) is 4.63. The van der Waals surface area contributed by atoms with Crippen LogP contribution in [0.4, 0.5) is 10.1 Å². The van der Waals surface area contributed by atoms with Gasteiger partial charge in [0.2, 0.25) is 0 Å². The van der Waals surface area contributed by atoms with Gasteiger partial charge in [0.15, 0.2) is 5.78 Å². The van der Waals surface area contributed by atoms with Gasteiger partial charge in [0.05, 0.1) is 0 Å². The molecular formula is C18H26FNO. The Morgan fingerprint density at radius 3 is 2.38 bits per heavy atom. The highest BCUT2D eigenvalue weighted by Crippen LogP contribution is 2.38. The van der Waals surface area contributed by atoms with Crippen LogP contribution in [0.5, 0.6) is 0 Å². The fraction of sp³-hybridized carbons (Fsp3) is 0.611. The maximum Gasteiger partial charge on any atom is 0.161 e. The van der Waals surface area contributed by atoms with Crippen molar-refractivity contribution in [2.45, 2.75) is 59.4 Å². The van der Waals surface area contributed by atoms with Crippen LogP contribution in [0.15, 0.2) is 12.1 Å². The molecule has 1 aliphatic carbocycles. The molecule has 0 atom stereocenters. The van der Waals surface area contributed by atoms with Gasteiger partial charge in [-0.2, -0.15) is 0 Å². The molecule has 2 nitrogen and oxygen atoms in total. The number of benzene rings is 1. The lowest BCUT2D eigenvalue weighted by molar-refractivity contribution is 0.101. The van der Waals surface area contributed by atoms with Gasteiger partial charge in [-0.25, -0.2) is 4.39 Å². The summed E-state index contributed by atoms with van der Waals surface area (Å²) < 4.78 is 13.8. The van der Waals surface area contributed by atoms with E-state index in [4.69, 9.17) is 0 Å². The molecule has 0 amide bonds. The second kappa shape index (κ2) is 5.78. The van der Waals surface area contributed by atoms with Crippen molar-refractivity contribution in [3.8, 4) is 0 Å². The molecule has 21 heavy (non-hydrogen) atoms. The monoisotopic (exact) mass is 291 g/mol. The molecule has 3 heteroatoms. The zero-order valence-electron chi connectivity index (χ0n) is 13.8. The van der Waals surface area contributed by atoms with E-state index in [0.717, 1.165) is 18.5 Å². The molecule has 1 saturated carbocycles. The standard InChI is InChI=1S/C18H26FNO/c1-12-10-17(15(13(2)21)11-16(12)19)20(5)14-6-8-18(3,4)9-7-14/h10-11,14H,6-9H2,1-5H3. The number of aryl methyl sites for hydroxylation is 1. The second-order valence-electron chi connectivity index (χ2n) is 7.18. The maximum absolute atomic E-state index is 13.8. The molecule has 0 spiro atoms. The molecule has 0 radical (unpaired) electrons. The van der Waals surface area contributed by atoms with Gasteiger partial charge in [-0.3, -0.25) is 4.79 Å². The number of ketones is 1.